The Morgan fingerprint density at radius 2 is 1.88 bits per heavy atom. The minimum absolute atomic E-state index is 0.0635. The molecule has 1 aromatic heterocycles. The van der Waals surface area contributed by atoms with Crippen LogP contribution in [-0.2, 0) is 0 Å². The Kier molecular flexibility index (Phi) is 3.28. The van der Waals surface area contributed by atoms with E-state index in [0.717, 1.165) is 10.0 Å². The molecule has 0 amide bonds. The standard InChI is InChI=1S/C9H5BrCl2N4/c10-5-3-4(1-2-6(5)11)7-14-8(12)16-9(13)15-7/h1-3H,(H2,13,14,15,16). The summed E-state index contributed by atoms with van der Waals surface area (Å²) in [5.74, 6) is 0.496. The third-order valence-corrected chi connectivity index (χ3v) is 3.19. The van der Waals surface area contributed by atoms with Gasteiger partial charge in [-0.05, 0) is 45.7 Å². The molecule has 0 aliphatic heterocycles. The van der Waals surface area contributed by atoms with E-state index in [9.17, 15) is 0 Å². The molecule has 0 fully saturated rings. The van der Waals surface area contributed by atoms with E-state index in [4.69, 9.17) is 28.9 Å². The van der Waals surface area contributed by atoms with Gasteiger partial charge in [0.2, 0.25) is 11.2 Å². The second-order valence-corrected chi connectivity index (χ2v) is 4.51. The van der Waals surface area contributed by atoms with Gasteiger partial charge in [0.25, 0.3) is 0 Å². The van der Waals surface area contributed by atoms with Crippen molar-refractivity contribution >= 4 is 45.1 Å². The number of anilines is 1. The van der Waals surface area contributed by atoms with Gasteiger partial charge >= 0.3 is 0 Å². The van der Waals surface area contributed by atoms with Gasteiger partial charge in [0, 0.05) is 10.0 Å². The van der Waals surface area contributed by atoms with E-state index in [1.54, 1.807) is 18.2 Å². The zero-order chi connectivity index (χ0) is 11.7. The Hall–Kier alpha value is -0.910. The number of nitrogens with zero attached hydrogens (tertiary/aromatic N) is 3. The fourth-order valence-corrected chi connectivity index (χ4v) is 1.79. The second-order valence-electron chi connectivity index (χ2n) is 2.92. The number of nitrogen functional groups attached to an aromatic ring is 1. The second kappa shape index (κ2) is 4.53. The Bertz CT molecular complexity index is 527. The first kappa shape index (κ1) is 11.6. The summed E-state index contributed by atoms with van der Waals surface area (Å²) in [6, 6.07) is 5.29. The van der Waals surface area contributed by atoms with E-state index < -0.39 is 0 Å². The van der Waals surface area contributed by atoms with Crippen LogP contribution in [0.2, 0.25) is 10.3 Å². The van der Waals surface area contributed by atoms with Crippen LogP contribution in [0.1, 0.15) is 0 Å². The largest absolute Gasteiger partial charge is 0.368 e. The summed E-state index contributed by atoms with van der Waals surface area (Å²) < 4.78 is 0.752. The summed E-state index contributed by atoms with van der Waals surface area (Å²) in [7, 11) is 0. The van der Waals surface area contributed by atoms with Crippen LogP contribution in [0.4, 0.5) is 5.95 Å². The summed E-state index contributed by atoms with van der Waals surface area (Å²) in [6.07, 6.45) is 0. The van der Waals surface area contributed by atoms with Crippen LogP contribution < -0.4 is 5.73 Å². The first-order chi connectivity index (χ1) is 7.56. The van der Waals surface area contributed by atoms with Crippen LogP contribution in [-0.4, -0.2) is 15.0 Å². The Balaban J connectivity index is 2.54. The fourth-order valence-electron chi connectivity index (χ4n) is 1.13. The molecule has 4 nitrogen and oxygen atoms in total. The molecule has 2 aromatic rings. The molecule has 0 atom stereocenters. The SMILES string of the molecule is Nc1nc(Cl)nc(-c2ccc(Cl)c(Br)c2)n1. The van der Waals surface area contributed by atoms with Gasteiger partial charge in [0.15, 0.2) is 5.82 Å². The van der Waals surface area contributed by atoms with Gasteiger partial charge in [0.05, 0.1) is 5.02 Å². The maximum atomic E-state index is 5.88. The minimum Gasteiger partial charge on any atom is -0.368 e. The lowest BCUT2D eigenvalue weighted by Gasteiger charge is -2.03. The first-order valence-electron chi connectivity index (χ1n) is 4.19. The molecule has 0 radical (unpaired) electrons. The van der Waals surface area contributed by atoms with Crippen LogP contribution in [0.15, 0.2) is 22.7 Å². The Morgan fingerprint density at radius 3 is 2.50 bits per heavy atom. The summed E-state index contributed by atoms with van der Waals surface area (Å²) in [5.41, 5.74) is 6.24. The summed E-state index contributed by atoms with van der Waals surface area (Å²) in [5, 5.41) is 0.672. The molecular formula is C9H5BrCl2N4. The molecule has 0 unspecified atom stereocenters. The lowest BCUT2D eigenvalue weighted by Crippen LogP contribution is -1.99. The van der Waals surface area contributed by atoms with Gasteiger partial charge in [0.1, 0.15) is 0 Å². The molecule has 2 N–H and O–H groups in total. The van der Waals surface area contributed by atoms with E-state index in [2.05, 4.69) is 30.9 Å². The molecule has 0 saturated carbocycles. The number of rotatable bonds is 1. The van der Waals surface area contributed by atoms with Crippen LogP contribution >= 0.6 is 39.1 Å². The first-order valence-corrected chi connectivity index (χ1v) is 5.73. The minimum atomic E-state index is 0.0635. The predicted octanol–water partition coefficient (Wildman–Crippen LogP) is 3.19. The molecular weight excluding hydrogens is 315 g/mol. The van der Waals surface area contributed by atoms with Crippen molar-refractivity contribution in [2.45, 2.75) is 0 Å². The number of aromatic nitrogens is 3. The van der Waals surface area contributed by atoms with Gasteiger partial charge < -0.3 is 5.73 Å². The number of benzene rings is 1. The molecule has 2 rings (SSSR count). The maximum absolute atomic E-state index is 5.88. The molecule has 0 saturated heterocycles. The van der Waals surface area contributed by atoms with E-state index >= 15 is 0 Å². The van der Waals surface area contributed by atoms with Crippen molar-refractivity contribution in [1.82, 2.24) is 15.0 Å². The van der Waals surface area contributed by atoms with Gasteiger partial charge in [-0.2, -0.15) is 15.0 Å². The van der Waals surface area contributed by atoms with Crippen molar-refractivity contribution in [2.24, 2.45) is 0 Å². The number of hydrogen-bond donors (Lipinski definition) is 1. The highest BCUT2D eigenvalue weighted by Gasteiger charge is 2.07. The van der Waals surface area contributed by atoms with Crippen molar-refractivity contribution in [3.8, 4) is 11.4 Å². The van der Waals surface area contributed by atoms with E-state index in [1.165, 1.54) is 0 Å². The van der Waals surface area contributed by atoms with E-state index in [1.807, 2.05) is 0 Å². The lowest BCUT2D eigenvalue weighted by molar-refractivity contribution is 1.07. The van der Waals surface area contributed by atoms with Crippen LogP contribution in [0.5, 0.6) is 0 Å². The summed E-state index contributed by atoms with van der Waals surface area (Å²) >= 11 is 14.9. The zero-order valence-electron chi connectivity index (χ0n) is 7.78. The monoisotopic (exact) mass is 318 g/mol. The average Bonchev–Trinajstić information content (AvgIpc) is 2.20. The van der Waals surface area contributed by atoms with E-state index in [-0.39, 0.29) is 11.2 Å². The molecule has 0 spiro atoms. The van der Waals surface area contributed by atoms with Crippen molar-refractivity contribution in [2.75, 3.05) is 5.73 Å². The average molecular weight is 320 g/mol. The molecule has 0 aliphatic rings. The highest BCUT2D eigenvalue weighted by Crippen LogP contribution is 2.27. The third kappa shape index (κ3) is 2.42. The van der Waals surface area contributed by atoms with Gasteiger partial charge in [-0.3, -0.25) is 0 Å². The van der Waals surface area contributed by atoms with Crippen LogP contribution in [0.25, 0.3) is 11.4 Å². The molecule has 1 aromatic carbocycles. The summed E-state index contributed by atoms with van der Waals surface area (Å²) in [4.78, 5) is 11.6. The van der Waals surface area contributed by atoms with Gasteiger partial charge in [-0.25, -0.2) is 0 Å². The predicted molar refractivity (Wildman–Crippen MR) is 67.4 cm³/mol. The highest BCUT2D eigenvalue weighted by atomic mass is 79.9. The molecule has 0 aliphatic carbocycles. The van der Waals surface area contributed by atoms with Crippen molar-refractivity contribution in [1.29, 1.82) is 0 Å². The zero-order valence-corrected chi connectivity index (χ0v) is 10.9. The molecule has 0 bridgehead atoms. The highest BCUT2D eigenvalue weighted by molar-refractivity contribution is 9.10. The van der Waals surface area contributed by atoms with E-state index in [0.29, 0.717) is 10.8 Å². The van der Waals surface area contributed by atoms with Crippen molar-refractivity contribution in [3.63, 3.8) is 0 Å². The fraction of sp³-hybridized carbons (Fsp3) is 0. The molecule has 1 heterocycles. The molecule has 16 heavy (non-hydrogen) atoms. The quantitative estimate of drug-likeness (QED) is 0.876. The van der Waals surface area contributed by atoms with Gasteiger partial charge in [-0.1, -0.05) is 11.6 Å². The van der Waals surface area contributed by atoms with Crippen LogP contribution in [0, 0.1) is 0 Å². The molecule has 7 heteroatoms. The molecule has 82 valence electrons. The number of hydrogen-bond acceptors (Lipinski definition) is 4. The maximum Gasteiger partial charge on any atom is 0.227 e. The number of halogens is 3. The number of nitrogens with two attached hydrogens (primary N) is 1. The normalized spacial score (nSPS) is 10.4. The lowest BCUT2D eigenvalue weighted by atomic mass is 10.2. The van der Waals surface area contributed by atoms with Crippen molar-refractivity contribution in [3.05, 3.63) is 33.0 Å². The Morgan fingerprint density at radius 1 is 1.12 bits per heavy atom. The third-order valence-electron chi connectivity index (χ3n) is 1.80. The smallest absolute Gasteiger partial charge is 0.227 e. The topological polar surface area (TPSA) is 64.7 Å². The summed E-state index contributed by atoms with van der Waals surface area (Å²) in [6.45, 7) is 0. The van der Waals surface area contributed by atoms with Gasteiger partial charge in [-0.15, -0.1) is 0 Å². The van der Waals surface area contributed by atoms with Crippen LogP contribution in [0.3, 0.4) is 0 Å². The van der Waals surface area contributed by atoms with Crippen molar-refractivity contribution < 1.29 is 0 Å². The Labute approximate surface area is 110 Å².